The minimum Gasteiger partial charge on any atom is -0.495 e. The Hall–Kier alpha value is -3.60. The van der Waals surface area contributed by atoms with E-state index in [4.69, 9.17) is 4.74 Å². The molecule has 4 aromatic rings. The van der Waals surface area contributed by atoms with E-state index in [1.54, 1.807) is 13.4 Å². The van der Waals surface area contributed by atoms with Crippen LogP contribution in [0.25, 0.3) is 16.7 Å². The lowest BCUT2D eigenvalue weighted by Crippen LogP contribution is -2.12. The summed E-state index contributed by atoms with van der Waals surface area (Å²) in [6, 6.07) is 21.1. The van der Waals surface area contributed by atoms with Gasteiger partial charge in [0.1, 0.15) is 12.1 Å². The van der Waals surface area contributed by atoms with Gasteiger partial charge in [-0.15, -0.1) is 0 Å². The molecule has 0 atom stereocenters. The van der Waals surface area contributed by atoms with E-state index >= 15 is 0 Å². The first-order valence-corrected chi connectivity index (χ1v) is 8.64. The first-order chi connectivity index (χ1) is 13.2. The molecule has 0 aliphatic carbocycles. The molecule has 0 spiro atoms. The molecule has 5 nitrogen and oxygen atoms in total. The number of methoxy groups -OCH3 is 1. The third kappa shape index (κ3) is 3.27. The van der Waals surface area contributed by atoms with Crippen LogP contribution in [0.3, 0.4) is 0 Å². The summed E-state index contributed by atoms with van der Waals surface area (Å²) >= 11 is 0. The maximum Gasteiger partial charge on any atom is 0.255 e. The average molecular weight is 357 g/mol. The zero-order chi connectivity index (χ0) is 18.8. The molecule has 134 valence electrons. The highest BCUT2D eigenvalue weighted by atomic mass is 16.5. The highest BCUT2D eigenvalue weighted by Crippen LogP contribution is 2.26. The number of carbonyl (C=O) groups is 1. The molecular weight excluding hydrogens is 338 g/mol. The number of nitrogens with zero attached hydrogens (tertiary/aromatic N) is 2. The van der Waals surface area contributed by atoms with Gasteiger partial charge in [0.25, 0.3) is 5.91 Å². The topological polar surface area (TPSA) is 56.1 Å². The van der Waals surface area contributed by atoms with Crippen LogP contribution in [-0.2, 0) is 0 Å². The van der Waals surface area contributed by atoms with E-state index in [0.717, 1.165) is 22.3 Å². The number of amides is 1. The van der Waals surface area contributed by atoms with Crippen molar-refractivity contribution in [2.45, 2.75) is 6.92 Å². The number of ether oxygens (including phenoxy) is 1. The molecule has 3 aromatic carbocycles. The van der Waals surface area contributed by atoms with Crippen LogP contribution in [0.15, 0.2) is 73.1 Å². The minimum atomic E-state index is -0.180. The quantitative estimate of drug-likeness (QED) is 0.581. The molecule has 1 aromatic heterocycles. The Morgan fingerprint density at radius 2 is 1.81 bits per heavy atom. The Morgan fingerprint density at radius 3 is 2.59 bits per heavy atom. The molecule has 5 heteroatoms. The molecule has 0 unspecified atom stereocenters. The first kappa shape index (κ1) is 16.8. The van der Waals surface area contributed by atoms with Crippen LogP contribution in [0.2, 0.25) is 0 Å². The second kappa shape index (κ2) is 6.96. The van der Waals surface area contributed by atoms with Gasteiger partial charge < -0.3 is 10.1 Å². The van der Waals surface area contributed by atoms with Gasteiger partial charge in [-0.3, -0.25) is 9.36 Å². The maximum atomic E-state index is 12.6. The monoisotopic (exact) mass is 357 g/mol. The number of fused-ring (bicyclic) bond motifs is 1. The van der Waals surface area contributed by atoms with Crippen molar-refractivity contribution in [3.8, 4) is 11.4 Å². The van der Waals surface area contributed by atoms with E-state index in [9.17, 15) is 4.79 Å². The van der Waals surface area contributed by atoms with E-state index in [-0.39, 0.29) is 5.91 Å². The Bertz CT molecular complexity index is 1110. The standard InChI is InChI=1S/C22H19N3O2/c1-15-7-12-21(27-2)19(13-15)24-22(26)16-8-10-17(11-9-16)25-14-23-18-5-3-4-6-20(18)25/h3-14H,1-2H3,(H,24,26). The lowest BCUT2D eigenvalue weighted by molar-refractivity contribution is 0.102. The van der Waals surface area contributed by atoms with Gasteiger partial charge in [-0.1, -0.05) is 18.2 Å². The Balaban J connectivity index is 1.59. The number of nitrogens with one attached hydrogen (secondary N) is 1. The highest BCUT2D eigenvalue weighted by molar-refractivity contribution is 6.05. The second-order valence-electron chi connectivity index (χ2n) is 6.31. The SMILES string of the molecule is COc1ccc(C)cc1NC(=O)c1ccc(-n2cnc3ccccc32)cc1. The fraction of sp³-hybridized carbons (Fsp3) is 0.0909. The second-order valence-corrected chi connectivity index (χ2v) is 6.31. The number of aryl methyl sites for hydroxylation is 1. The van der Waals surface area contributed by atoms with Crippen molar-refractivity contribution >= 4 is 22.6 Å². The summed E-state index contributed by atoms with van der Waals surface area (Å²) < 4.78 is 7.32. The molecule has 0 aliphatic heterocycles. The van der Waals surface area contributed by atoms with Gasteiger partial charge in [0, 0.05) is 11.3 Å². The zero-order valence-corrected chi connectivity index (χ0v) is 15.1. The number of aromatic nitrogens is 2. The van der Waals surface area contributed by atoms with E-state index in [0.29, 0.717) is 17.0 Å². The number of anilines is 1. The van der Waals surface area contributed by atoms with Crippen molar-refractivity contribution in [2.75, 3.05) is 12.4 Å². The summed E-state index contributed by atoms with van der Waals surface area (Å²) in [7, 11) is 1.59. The van der Waals surface area contributed by atoms with Crippen molar-refractivity contribution in [1.29, 1.82) is 0 Å². The number of rotatable bonds is 4. The Kier molecular flexibility index (Phi) is 4.34. The molecule has 0 fully saturated rings. The molecule has 1 amide bonds. The minimum absolute atomic E-state index is 0.180. The normalized spacial score (nSPS) is 10.7. The first-order valence-electron chi connectivity index (χ1n) is 8.64. The number of imidazole rings is 1. The van der Waals surface area contributed by atoms with Crippen LogP contribution in [0, 0.1) is 6.92 Å². The fourth-order valence-corrected chi connectivity index (χ4v) is 3.05. The number of hydrogen-bond acceptors (Lipinski definition) is 3. The summed E-state index contributed by atoms with van der Waals surface area (Å²) in [6.07, 6.45) is 1.79. The van der Waals surface area contributed by atoms with Gasteiger partial charge in [-0.25, -0.2) is 4.98 Å². The molecule has 1 heterocycles. The van der Waals surface area contributed by atoms with Crippen LogP contribution >= 0.6 is 0 Å². The van der Waals surface area contributed by atoms with Crippen molar-refractivity contribution in [3.63, 3.8) is 0 Å². The number of carbonyl (C=O) groups excluding carboxylic acids is 1. The predicted octanol–water partition coefficient (Wildman–Crippen LogP) is 4.59. The van der Waals surface area contributed by atoms with Crippen LogP contribution in [0.5, 0.6) is 5.75 Å². The van der Waals surface area contributed by atoms with E-state index in [1.165, 1.54) is 0 Å². The van der Waals surface area contributed by atoms with E-state index in [2.05, 4.69) is 10.3 Å². The summed E-state index contributed by atoms with van der Waals surface area (Å²) in [4.78, 5) is 17.0. The van der Waals surface area contributed by atoms with Gasteiger partial charge in [0.05, 0.1) is 23.8 Å². The maximum absolute atomic E-state index is 12.6. The molecule has 0 bridgehead atoms. The third-order valence-electron chi connectivity index (χ3n) is 4.46. The molecule has 0 aliphatic rings. The number of benzene rings is 3. The van der Waals surface area contributed by atoms with Crippen LogP contribution in [-0.4, -0.2) is 22.6 Å². The van der Waals surface area contributed by atoms with Gasteiger partial charge in [-0.2, -0.15) is 0 Å². The highest BCUT2D eigenvalue weighted by Gasteiger charge is 2.11. The lowest BCUT2D eigenvalue weighted by atomic mass is 10.1. The van der Waals surface area contributed by atoms with E-state index < -0.39 is 0 Å². The number of hydrogen-bond donors (Lipinski definition) is 1. The van der Waals surface area contributed by atoms with Crippen molar-refractivity contribution in [3.05, 3.63) is 84.2 Å². The third-order valence-corrected chi connectivity index (χ3v) is 4.46. The zero-order valence-electron chi connectivity index (χ0n) is 15.1. The molecule has 4 rings (SSSR count). The van der Waals surface area contributed by atoms with Crippen LogP contribution in [0.4, 0.5) is 5.69 Å². The molecule has 0 saturated heterocycles. The van der Waals surface area contributed by atoms with Crippen LogP contribution < -0.4 is 10.1 Å². The average Bonchev–Trinajstić information content (AvgIpc) is 3.12. The predicted molar refractivity (Wildman–Crippen MR) is 107 cm³/mol. The van der Waals surface area contributed by atoms with Gasteiger partial charge in [0.2, 0.25) is 0 Å². The molecule has 27 heavy (non-hydrogen) atoms. The molecule has 0 saturated carbocycles. The lowest BCUT2D eigenvalue weighted by Gasteiger charge is -2.11. The fourth-order valence-electron chi connectivity index (χ4n) is 3.05. The summed E-state index contributed by atoms with van der Waals surface area (Å²) in [5.41, 5.74) is 5.20. The summed E-state index contributed by atoms with van der Waals surface area (Å²) in [5.74, 6) is 0.455. The van der Waals surface area contributed by atoms with Gasteiger partial charge >= 0.3 is 0 Å². The van der Waals surface area contributed by atoms with Gasteiger partial charge in [-0.05, 0) is 61.0 Å². The van der Waals surface area contributed by atoms with E-state index in [1.807, 2.05) is 78.2 Å². The Labute approximate surface area is 157 Å². The molecular formula is C22H19N3O2. The van der Waals surface area contributed by atoms with Gasteiger partial charge in [0.15, 0.2) is 0 Å². The molecule has 1 N–H and O–H groups in total. The summed E-state index contributed by atoms with van der Waals surface area (Å²) in [6.45, 7) is 1.97. The van der Waals surface area contributed by atoms with Crippen molar-refractivity contribution < 1.29 is 9.53 Å². The largest absolute Gasteiger partial charge is 0.495 e. The van der Waals surface area contributed by atoms with Crippen LogP contribution in [0.1, 0.15) is 15.9 Å². The smallest absolute Gasteiger partial charge is 0.255 e. The van der Waals surface area contributed by atoms with Crippen molar-refractivity contribution in [1.82, 2.24) is 9.55 Å². The summed E-state index contributed by atoms with van der Waals surface area (Å²) in [5, 5.41) is 2.92. The molecule has 0 radical (unpaired) electrons. The Morgan fingerprint density at radius 1 is 1.04 bits per heavy atom. The number of para-hydroxylation sites is 2. The van der Waals surface area contributed by atoms with Crippen molar-refractivity contribution in [2.24, 2.45) is 0 Å².